The lowest BCUT2D eigenvalue weighted by Gasteiger charge is -2.04. The molecule has 3 rings (SSSR count). The van der Waals surface area contributed by atoms with Gasteiger partial charge in [0.05, 0.1) is 10.4 Å². The van der Waals surface area contributed by atoms with Gasteiger partial charge in [0, 0.05) is 24.2 Å². The summed E-state index contributed by atoms with van der Waals surface area (Å²) in [6, 6.07) is 9.71. The van der Waals surface area contributed by atoms with E-state index in [0.29, 0.717) is 17.1 Å². The van der Waals surface area contributed by atoms with Crippen LogP contribution in [-0.2, 0) is 0 Å². The van der Waals surface area contributed by atoms with Crippen molar-refractivity contribution >= 4 is 11.3 Å². The highest BCUT2D eigenvalue weighted by atomic mass is 32.1. The van der Waals surface area contributed by atoms with Crippen LogP contribution in [0.1, 0.15) is 5.56 Å². The van der Waals surface area contributed by atoms with Crippen LogP contribution in [0.2, 0.25) is 0 Å². The van der Waals surface area contributed by atoms with E-state index in [2.05, 4.69) is 21.0 Å². The predicted molar refractivity (Wildman–Crippen MR) is 73.3 cm³/mol. The molecule has 0 aliphatic carbocycles. The van der Waals surface area contributed by atoms with E-state index >= 15 is 0 Å². The minimum atomic E-state index is 0.486. The third-order valence-electron chi connectivity index (χ3n) is 2.60. The Morgan fingerprint density at radius 3 is 2.68 bits per heavy atom. The zero-order valence-corrected chi connectivity index (χ0v) is 10.6. The van der Waals surface area contributed by atoms with Gasteiger partial charge >= 0.3 is 0 Å². The fraction of sp³-hybridized carbons (Fsp3) is 0. The molecule has 0 bridgehead atoms. The number of hydrogen-bond donors (Lipinski definition) is 0. The topological polar surface area (TPSA) is 62.5 Å². The van der Waals surface area contributed by atoms with Crippen LogP contribution in [0.15, 0.2) is 48.2 Å². The van der Waals surface area contributed by atoms with E-state index in [1.165, 1.54) is 0 Å². The molecular formula is C14H8N4S. The van der Waals surface area contributed by atoms with Crippen LogP contribution in [-0.4, -0.2) is 15.0 Å². The first-order valence-corrected chi connectivity index (χ1v) is 6.48. The van der Waals surface area contributed by atoms with E-state index < -0.39 is 0 Å². The van der Waals surface area contributed by atoms with E-state index in [0.717, 1.165) is 10.4 Å². The van der Waals surface area contributed by atoms with E-state index in [-0.39, 0.29) is 0 Å². The van der Waals surface area contributed by atoms with Crippen LogP contribution >= 0.6 is 11.3 Å². The summed E-state index contributed by atoms with van der Waals surface area (Å²) in [6.45, 7) is 0. The number of nitrogens with zero attached hydrogens (tertiary/aromatic N) is 4. The van der Waals surface area contributed by atoms with Crippen molar-refractivity contribution in [2.45, 2.75) is 0 Å². The number of nitriles is 1. The van der Waals surface area contributed by atoms with E-state index in [9.17, 15) is 0 Å². The van der Waals surface area contributed by atoms with Crippen LogP contribution in [0, 0.1) is 11.3 Å². The second kappa shape index (κ2) is 4.96. The Morgan fingerprint density at radius 2 is 2.00 bits per heavy atom. The summed E-state index contributed by atoms with van der Waals surface area (Å²) < 4.78 is 0. The molecule has 0 aliphatic heterocycles. The summed E-state index contributed by atoms with van der Waals surface area (Å²) in [4.78, 5) is 13.7. The second-order valence-electron chi connectivity index (χ2n) is 3.78. The SMILES string of the molecule is N#Cc1cnc(-c2ccncc2)nc1-c1cccs1. The molecule has 0 amide bonds. The summed E-state index contributed by atoms with van der Waals surface area (Å²) in [7, 11) is 0. The fourth-order valence-electron chi connectivity index (χ4n) is 1.70. The summed E-state index contributed by atoms with van der Waals surface area (Å²) in [5.41, 5.74) is 2.05. The first-order chi connectivity index (χ1) is 9.38. The van der Waals surface area contributed by atoms with Crippen molar-refractivity contribution < 1.29 is 0 Å². The van der Waals surface area contributed by atoms with E-state index in [1.807, 2.05) is 29.6 Å². The average Bonchev–Trinajstić information content (AvgIpc) is 3.01. The molecule has 5 heteroatoms. The zero-order chi connectivity index (χ0) is 13.1. The van der Waals surface area contributed by atoms with Gasteiger partial charge in [0.1, 0.15) is 11.8 Å². The third-order valence-corrected chi connectivity index (χ3v) is 3.48. The van der Waals surface area contributed by atoms with Gasteiger partial charge in [0.15, 0.2) is 5.82 Å². The Balaban J connectivity index is 2.16. The van der Waals surface area contributed by atoms with Gasteiger partial charge in [0.2, 0.25) is 0 Å². The van der Waals surface area contributed by atoms with Crippen LogP contribution in [0.3, 0.4) is 0 Å². The van der Waals surface area contributed by atoms with Crippen LogP contribution in [0.4, 0.5) is 0 Å². The van der Waals surface area contributed by atoms with Crippen molar-refractivity contribution in [3.63, 3.8) is 0 Å². The lowest BCUT2D eigenvalue weighted by molar-refractivity contribution is 1.16. The van der Waals surface area contributed by atoms with Gasteiger partial charge in [-0.05, 0) is 23.6 Å². The van der Waals surface area contributed by atoms with Crippen LogP contribution in [0.25, 0.3) is 22.0 Å². The van der Waals surface area contributed by atoms with Crippen LogP contribution in [0.5, 0.6) is 0 Å². The smallest absolute Gasteiger partial charge is 0.159 e. The molecule has 0 fully saturated rings. The first-order valence-electron chi connectivity index (χ1n) is 5.60. The number of hydrogen-bond acceptors (Lipinski definition) is 5. The average molecular weight is 264 g/mol. The van der Waals surface area contributed by atoms with Gasteiger partial charge in [-0.25, -0.2) is 9.97 Å². The molecule has 4 nitrogen and oxygen atoms in total. The molecule has 0 aromatic carbocycles. The number of pyridine rings is 1. The maximum atomic E-state index is 9.14. The Bertz CT molecular complexity index is 730. The van der Waals surface area contributed by atoms with Crippen molar-refractivity contribution in [3.8, 4) is 28.0 Å². The normalized spacial score (nSPS) is 10.1. The highest BCUT2D eigenvalue weighted by Crippen LogP contribution is 2.27. The first kappa shape index (κ1) is 11.5. The molecule has 3 heterocycles. The van der Waals surface area contributed by atoms with Gasteiger partial charge in [-0.15, -0.1) is 11.3 Å². The summed E-state index contributed by atoms with van der Waals surface area (Å²) in [5.74, 6) is 0.602. The van der Waals surface area contributed by atoms with Crippen molar-refractivity contribution in [1.82, 2.24) is 15.0 Å². The second-order valence-corrected chi connectivity index (χ2v) is 4.73. The third kappa shape index (κ3) is 2.21. The summed E-state index contributed by atoms with van der Waals surface area (Å²) in [6.07, 6.45) is 4.96. The molecule has 0 saturated carbocycles. The predicted octanol–water partition coefficient (Wildman–Crippen LogP) is 3.14. The maximum absolute atomic E-state index is 9.14. The minimum absolute atomic E-state index is 0.486. The zero-order valence-electron chi connectivity index (χ0n) is 9.82. The molecule has 3 aromatic rings. The molecule has 0 unspecified atom stereocenters. The fourth-order valence-corrected chi connectivity index (χ4v) is 2.43. The van der Waals surface area contributed by atoms with Crippen molar-refractivity contribution in [2.24, 2.45) is 0 Å². The van der Waals surface area contributed by atoms with Gasteiger partial charge in [0.25, 0.3) is 0 Å². The Kier molecular flexibility index (Phi) is 3.01. The molecule has 0 N–H and O–H groups in total. The minimum Gasteiger partial charge on any atom is -0.265 e. The standard InChI is InChI=1S/C14H8N4S/c15-8-11-9-17-14(10-3-5-16-6-4-10)18-13(11)12-2-1-7-19-12/h1-7,9H. The van der Waals surface area contributed by atoms with Crippen molar-refractivity contribution in [1.29, 1.82) is 5.26 Å². The van der Waals surface area contributed by atoms with Gasteiger partial charge in [-0.2, -0.15) is 5.26 Å². The maximum Gasteiger partial charge on any atom is 0.159 e. The lowest BCUT2D eigenvalue weighted by Crippen LogP contribution is -1.94. The van der Waals surface area contributed by atoms with Crippen LogP contribution < -0.4 is 0 Å². The molecule has 0 saturated heterocycles. The van der Waals surface area contributed by atoms with Gasteiger partial charge in [-0.3, -0.25) is 4.98 Å². The lowest BCUT2D eigenvalue weighted by atomic mass is 10.2. The number of thiophene rings is 1. The Morgan fingerprint density at radius 1 is 1.16 bits per heavy atom. The monoisotopic (exact) mass is 264 g/mol. The van der Waals surface area contributed by atoms with Crippen molar-refractivity contribution in [3.05, 3.63) is 53.8 Å². The van der Waals surface area contributed by atoms with Gasteiger partial charge in [-0.1, -0.05) is 6.07 Å². The highest BCUT2D eigenvalue weighted by Gasteiger charge is 2.11. The summed E-state index contributed by atoms with van der Waals surface area (Å²) >= 11 is 1.56. The molecular weight excluding hydrogens is 256 g/mol. The Hall–Kier alpha value is -2.58. The largest absolute Gasteiger partial charge is 0.265 e. The Labute approximate surface area is 114 Å². The summed E-state index contributed by atoms with van der Waals surface area (Å²) in [5, 5.41) is 11.1. The van der Waals surface area contributed by atoms with E-state index in [4.69, 9.17) is 5.26 Å². The molecule has 0 aliphatic rings. The molecule has 0 atom stereocenters. The molecule has 0 radical (unpaired) electrons. The van der Waals surface area contributed by atoms with Crippen molar-refractivity contribution in [2.75, 3.05) is 0 Å². The molecule has 0 spiro atoms. The highest BCUT2D eigenvalue weighted by molar-refractivity contribution is 7.13. The molecule has 90 valence electrons. The quantitative estimate of drug-likeness (QED) is 0.713. The van der Waals surface area contributed by atoms with E-state index in [1.54, 1.807) is 29.9 Å². The van der Waals surface area contributed by atoms with Gasteiger partial charge < -0.3 is 0 Å². The molecule has 19 heavy (non-hydrogen) atoms. The molecule has 3 aromatic heterocycles. The number of aromatic nitrogens is 3. The number of rotatable bonds is 2.